The standard InChI is InChI=1S/C11H16F5NO/c1-9(2)6-4-3-5-7(9)17-8(18)10(12,13)11(14,15)16/h7H,3-6H2,1-2H3,(H,17,18). The van der Waals surface area contributed by atoms with Crippen LogP contribution in [0.1, 0.15) is 39.5 Å². The van der Waals surface area contributed by atoms with Crippen LogP contribution < -0.4 is 5.32 Å². The Morgan fingerprint density at radius 2 is 1.72 bits per heavy atom. The summed E-state index contributed by atoms with van der Waals surface area (Å²) in [5.41, 5.74) is -0.463. The summed E-state index contributed by atoms with van der Waals surface area (Å²) in [5, 5.41) is 1.85. The molecule has 0 radical (unpaired) electrons. The van der Waals surface area contributed by atoms with E-state index < -0.39 is 29.5 Å². The van der Waals surface area contributed by atoms with Crippen molar-refractivity contribution in [1.82, 2.24) is 5.32 Å². The highest BCUT2D eigenvalue weighted by Crippen LogP contribution is 2.38. The topological polar surface area (TPSA) is 29.1 Å². The van der Waals surface area contributed by atoms with E-state index in [-0.39, 0.29) is 0 Å². The van der Waals surface area contributed by atoms with E-state index in [9.17, 15) is 26.7 Å². The molecule has 0 aromatic carbocycles. The summed E-state index contributed by atoms with van der Waals surface area (Å²) in [6.07, 6.45) is -3.14. The molecule has 0 saturated heterocycles. The Balaban J connectivity index is 2.76. The van der Waals surface area contributed by atoms with Crippen LogP contribution in [0.15, 0.2) is 0 Å². The van der Waals surface area contributed by atoms with E-state index in [0.29, 0.717) is 19.3 Å². The zero-order valence-electron chi connectivity index (χ0n) is 10.2. The molecule has 1 atom stereocenters. The van der Waals surface area contributed by atoms with Crippen molar-refractivity contribution in [3.63, 3.8) is 0 Å². The van der Waals surface area contributed by atoms with Crippen LogP contribution in [-0.4, -0.2) is 24.0 Å². The van der Waals surface area contributed by atoms with Crippen LogP contribution in [0.4, 0.5) is 22.0 Å². The quantitative estimate of drug-likeness (QED) is 0.769. The second-order valence-corrected chi connectivity index (χ2v) is 5.33. The van der Waals surface area contributed by atoms with Gasteiger partial charge in [-0.25, -0.2) is 0 Å². The molecule has 1 rings (SSSR count). The van der Waals surface area contributed by atoms with Gasteiger partial charge in [-0.3, -0.25) is 4.79 Å². The van der Waals surface area contributed by atoms with Crippen LogP contribution in [0, 0.1) is 5.41 Å². The third-order valence-electron chi connectivity index (χ3n) is 3.45. The fourth-order valence-electron chi connectivity index (χ4n) is 2.14. The van der Waals surface area contributed by atoms with Gasteiger partial charge in [-0.15, -0.1) is 0 Å². The van der Waals surface area contributed by atoms with Gasteiger partial charge in [0.2, 0.25) is 0 Å². The molecular formula is C11H16F5NO. The Bertz CT molecular complexity index is 324. The first-order chi connectivity index (χ1) is 7.98. The molecule has 106 valence electrons. The molecule has 0 aliphatic heterocycles. The molecule has 1 aliphatic carbocycles. The molecule has 0 bridgehead atoms. The predicted octanol–water partition coefficient (Wildman–Crippen LogP) is 3.27. The fraction of sp³-hybridized carbons (Fsp3) is 0.909. The van der Waals surface area contributed by atoms with E-state index in [4.69, 9.17) is 0 Å². The molecule has 0 spiro atoms. The molecule has 1 unspecified atom stereocenters. The smallest absolute Gasteiger partial charge is 0.347 e. The number of nitrogens with one attached hydrogen (secondary N) is 1. The van der Waals surface area contributed by atoms with Gasteiger partial charge in [-0.2, -0.15) is 22.0 Å². The summed E-state index contributed by atoms with van der Waals surface area (Å²) < 4.78 is 61.6. The van der Waals surface area contributed by atoms with Gasteiger partial charge in [0, 0.05) is 6.04 Å². The monoisotopic (exact) mass is 273 g/mol. The summed E-state index contributed by atoms with van der Waals surface area (Å²) in [7, 11) is 0. The van der Waals surface area contributed by atoms with Crippen LogP contribution in [0.25, 0.3) is 0 Å². The van der Waals surface area contributed by atoms with Crippen molar-refractivity contribution in [2.75, 3.05) is 0 Å². The summed E-state index contributed by atoms with van der Waals surface area (Å²) in [5.74, 6) is -7.59. The number of amides is 1. The number of carbonyl (C=O) groups excluding carboxylic acids is 1. The molecule has 0 aromatic heterocycles. The Labute approximate surface area is 102 Å². The van der Waals surface area contributed by atoms with E-state index in [0.717, 1.165) is 6.42 Å². The fourth-order valence-corrected chi connectivity index (χ4v) is 2.14. The van der Waals surface area contributed by atoms with Gasteiger partial charge in [0.15, 0.2) is 0 Å². The lowest BCUT2D eigenvalue weighted by molar-refractivity contribution is -0.270. The molecule has 1 saturated carbocycles. The normalized spacial score (nSPS) is 24.7. The largest absolute Gasteiger partial charge is 0.463 e. The molecule has 1 N–H and O–H groups in total. The van der Waals surface area contributed by atoms with Gasteiger partial charge in [0.05, 0.1) is 0 Å². The van der Waals surface area contributed by atoms with Crippen molar-refractivity contribution in [2.45, 2.75) is 57.7 Å². The minimum atomic E-state index is -5.85. The van der Waals surface area contributed by atoms with E-state index in [1.807, 2.05) is 5.32 Å². The number of hydrogen-bond acceptors (Lipinski definition) is 1. The van der Waals surface area contributed by atoms with E-state index in [2.05, 4.69) is 0 Å². The SMILES string of the molecule is CC1(C)CCCCC1NC(=O)C(F)(F)C(F)(F)F. The van der Waals surface area contributed by atoms with E-state index in [1.54, 1.807) is 13.8 Å². The molecular weight excluding hydrogens is 257 g/mol. The maximum absolute atomic E-state index is 12.8. The Morgan fingerprint density at radius 3 is 2.17 bits per heavy atom. The molecule has 7 heteroatoms. The summed E-state index contributed by atoms with van der Waals surface area (Å²) in [4.78, 5) is 11.1. The average molecular weight is 273 g/mol. The Morgan fingerprint density at radius 1 is 1.17 bits per heavy atom. The van der Waals surface area contributed by atoms with Gasteiger partial charge in [0.1, 0.15) is 0 Å². The lowest BCUT2D eigenvalue weighted by Crippen LogP contribution is -2.56. The zero-order chi connectivity index (χ0) is 14.2. The first-order valence-electron chi connectivity index (χ1n) is 5.74. The lowest BCUT2D eigenvalue weighted by atomic mass is 9.73. The van der Waals surface area contributed by atoms with Crippen molar-refractivity contribution >= 4 is 5.91 Å². The number of alkyl halides is 5. The highest BCUT2D eigenvalue weighted by Gasteiger charge is 2.63. The molecule has 1 aliphatic rings. The van der Waals surface area contributed by atoms with Crippen molar-refractivity contribution < 1.29 is 26.7 Å². The number of hydrogen-bond donors (Lipinski definition) is 1. The Hall–Kier alpha value is -0.880. The predicted molar refractivity (Wildman–Crippen MR) is 55.2 cm³/mol. The van der Waals surface area contributed by atoms with Crippen LogP contribution in [-0.2, 0) is 4.79 Å². The highest BCUT2D eigenvalue weighted by atomic mass is 19.4. The average Bonchev–Trinajstić information content (AvgIpc) is 2.19. The third-order valence-corrected chi connectivity index (χ3v) is 3.45. The van der Waals surface area contributed by atoms with Crippen molar-refractivity contribution in [1.29, 1.82) is 0 Å². The highest BCUT2D eigenvalue weighted by molar-refractivity contribution is 5.84. The number of rotatable bonds is 2. The molecule has 1 amide bonds. The molecule has 1 fully saturated rings. The van der Waals surface area contributed by atoms with Crippen LogP contribution >= 0.6 is 0 Å². The number of halogens is 5. The van der Waals surface area contributed by atoms with Crippen LogP contribution in [0.2, 0.25) is 0 Å². The first-order valence-corrected chi connectivity index (χ1v) is 5.74. The second kappa shape index (κ2) is 4.66. The molecule has 0 aromatic rings. The third kappa shape index (κ3) is 2.92. The van der Waals surface area contributed by atoms with Gasteiger partial charge in [-0.1, -0.05) is 26.7 Å². The minimum absolute atomic E-state index is 0.423. The summed E-state index contributed by atoms with van der Waals surface area (Å²) >= 11 is 0. The summed E-state index contributed by atoms with van der Waals surface area (Å²) in [6, 6.07) is -0.646. The van der Waals surface area contributed by atoms with Gasteiger partial charge in [0.25, 0.3) is 0 Å². The van der Waals surface area contributed by atoms with Gasteiger partial charge >= 0.3 is 18.0 Å². The van der Waals surface area contributed by atoms with Crippen LogP contribution in [0.5, 0.6) is 0 Å². The summed E-state index contributed by atoms with van der Waals surface area (Å²) in [6.45, 7) is 3.51. The van der Waals surface area contributed by atoms with Crippen molar-refractivity contribution in [3.8, 4) is 0 Å². The maximum Gasteiger partial charge on any atom is 0.463 e. The minimum Gasteiger partial charge on any atom is -0.347 e. The molecule has 0 heterocycles. The zero-order valence-corrected chi connectivity index (χ0v) is 10.2. The second-order valence-electron chi connectivity index (χ2n) is 5.33. The van der Waals surface area contributed by atoms with Crippen LogP contribution in [0.3, 0.4) is 0 Å². The van der Waals surface area contributed by atoms with E-state index >= 15 is 0 Å². The van der Waals surface area contributed by atoms with Crippen molar-refractivity contribution in [3.05, 3.63) is 0 Å². The lowest BCUT2D eigenvalue weighted by Gasteiger charge is -2.39. The first kappa shape index (κ1) is 15.2. The maximum atomic E-state index is 12.8. The van der Waals surface area contributed by atoms with Gasteiger partial charge in [-0.05, 0) is 18.3 Å². The van der Waals surface area contributed by atoms with Gasteiger partial charge < -0.3 is 5.32 Å². The number of carbonyl (C=O) groups is 1. The van der Waals surface area contributed by atoms with Crippen molar-refractivity contribution in [2.24, 2.45) is 5.41 Å². The molecule has 2 nitrogen and oxygen atoms in total. The Kier molecular flexibility index (Phi) is 3.93. The van der Waals surface area contributed by atoms with E-state index in [1.165, 1.54) is 0 Å². The molecule has 18 heavy (non-hydrogen) atoms.